The Balaban J connectivity index is 3.49. The second-order valence-corrected chi connectivity index (χ2v) is 6.89. The molecule has 0 aromatic rings. The SMILES string of the molecule is CCCCCCCCCCCCCCC[C@@H](C/[N+]([O-])=N/O)OC(C)=O. The van der Waals surface area contributed by atoms with Crippen molar-refractivity contribution in [2.45, 2.75) is 110 Å². The van der Waals surface area contributed by atoms with E-state index in [9.17, 15) is 10.0 Å². The minimum Gasteiger partial charge on any atom is -0.597 e. The van der Waals surface area contributed by atoms with Gasteiger partial charge in [-0.05, 0) is 12.8 Å². The van der Waals surface area contributed by atoms with Crippen LogP contribution in [0.5, 0.6) is 0 Å². The molecule has 0 rings (SSSR count). The number of hydrogen-bond donors (Lipinski definition) is 1. The molecule has 25 heavy (non-hydrogen) atoms. The number of rotatable bonds is 17. The van der Waals surface area contributed by atoms with E-state index in [4.69, 9.17) is 9.94 Å². The van der Waals surface area contributed by atoms with E-state index in [1.54, 1.807) is 0 Å². The Morgan fingerprint density at radius 3 is 1.80 bits per heavy atom. The first-order valence-electron chi connectivity index (χ1n) is 10.1. The van der Waals surface area contributed by atoms with Gasteiger partial charge in [0.2, 0.25) is 6.54 Å². The van der Waals surface area contributed by atoms with Crippen molar-refractivity contribution in [2.24, 2.45) is 5.28 Å². The van der Waals surface area contributed by atoms with Gasteiger partial charge in [-0.15, -0.1) is 0 Å². The third kappa shape index (κ3) is 17.3. The van der Waals surface area contributed by atoms with Crippen LogP contribution in [0.1, 0.15) is 104 Å². The van der Waals surface area contributed by atoms with Crippen molar-refractivity contribution >= 4 is 5.97 Å². The summed E-state index contributed by atoms with van der Waals surface area (Å²) in [5.74, 6) is -0.411. The summed E-state index contributed by atoms with van der Waals surface area (Å²) < 4.78 is 5.08. The smallest absolute Gasteiger partial charge is 0.303 e. The Hall–Kier alpha value is -1.33. The summed E-state index contributed by atoms with van der Waals surface area (Å²) in [4.78, 5) is 11.2. The van der Waals surface area contributed by atoms with E-state index < -0.39 is 12.1 Å². The van der Waals surface area contributed by atoms with Crippen LogP contribution in [0, 0.1) is 5.21 Å². The summed E-state index contributed by atoms with van der Waals surface area (Å²) in [5, 5.41) is 22.0. The van der Waals surface area contributed by atoms with E-state index in [1.165, 1.54) is 77.6 Å². The summed E-state index contributed by atoms with van der Waals surface area (Å²) in [7, 11) is 0. The molecule has 0 aromatic heterocycles. The van der Waals surface area contributed by atoms with Gasteiger partial charge >= 0.3 is 5.97 Å². The lowest BCUT2D eigenvalue weighted by molar-refractivity contribution is -0.563. The summed E-state index contributed by atoms with van der Waals surface area (Å²) in [6, 6.07) is 0. The fraction of sp³-hybridized carbons (Fsp3) is 0.947. The van der Waals surface area contributed by atoms with Crippen LogP contribution in [0.4, 0.5) is 0 Å². The highest BCUT2D eigenvalue weighted by Crippen LogP contribution is 2.14. The first kappa shape index (κ1) is 23.7. The molecule has 0 saturated heterocycles. The van der Waals surface area contributed by atoms with Crippen molar-refractivity contribution in [3.05, 3.63) is 5.21 Å². The number of ether oxygens (including phenoxy) is 1. The maximum Gasteiger partial charge on any atom is 0.303 e. The van der Waals surface area contributed by atoms with E-state index in [2.05, 4.69) is 12.2 Å². The molecule has 6 heteroatoms. The molecular weight excluding hydrogens is 320 g/mol. The van der Waals surface area contributed by atoms with Crippen LogP contribution in [0.15, 0.2) is 5.28 Å². The van der Waals surface area contributed by atoms with E-state index in [0.717, 1.165) is 12.8 Å². The number of hydrogen-bond acceptors (Lipinski definition) is 4. The van der Waals surface area contributed by atoms with Gasteiger partial charge in [-0.3, -0.25) is 4.79 Å². The van der Waals surface area contributed by atoms with Crippen molar-refractivity contribution in [1.29, 1.82) is 0 Å². The summed E-state index contributed by atoms with van der Waals surface area (Å²) in [6.07, 6.45) is 16.7. The van der Waals surface area contributed by atoms with E-state index >= 15 is 0 Å². The monoisotopic (exact) mass is 358 g/mol. The minimum absolute atomic E-state index is 0.117. The highest BCUT2D eigenvalue weighted by atomic mass is 16.6. The van der Waals surface area contributed by atoms with Gasteiger partial charge in [-0.1, -0.05) is 88.8 Å². The van der Waals surface area contributed by atoms with E-state index in [0.29, 0.717) is 6.42 Å². The van der Waals surface area contributed by atoms with Crippen molar-refractivity contribution in [3.8, 4) is 0 Å². The van der Waals surface area contributed by atoms with Crippen molar-refractivity contribution < 1.29 is 19.6 Å². The Labute approximate surface area is 153 Å². The normalized spacial score (nSPS) is 13.0. The van der Waals surface area contributed by atoms with Crippen molar-refractivity contribution in [1.82, 2.24) is 0 Å². The zero-order valence-electron chi connectivity index (χ0n) is 16.3. The average Bonchev–Trinajstić information content (AvgIpc) is 2.58. The molecule has 0 heterocycles. The van der Waals surface area contributed by atoms with Crippen molar-refractivity contribution in [2.75, 3.05) is 6.54 Å². The molecular formula is C19H38N2O4. The Morgan fingerprint density at radius 1 is 0.960 bits per heavy atom. The third-order valence-electron chi connectivity index (χ3n) is 4.42. The molecule has 0 spiro atoms. The first-order valence-corrected chi connectivity index (χ1v) is 10.1. The fourth-order valence-corrected chi connectivity index (χ4v) is 3.02. The molecule has 0 aliphatic carbocycles. The van der Waals surface area contributed by atoms with Gasteiger partial charge in [0.1, 0.15) is 0 Å². The number of esters is 1. The second kappa shape index (κ2) is 17.5. The predicted octanol–water partition coefficient (Wildman–Crippen LogP) is 5.75. The summed E-state index contributed by atoms with van der Waals surface area (Å²) in [5.41, 5.74) is 0. The standard InChI is InChI=1S/C19H38N2O4/c1-3-4-5-6-7-8-9-10-11-12-13-14-15-16-19(25-18(2)22)17-21(24)20-23/h19,23H,3-17H2,1-2H3/b21-20-/t19-/m0/s1. The van der Waals surface area contributed by atoms with Crippen LogP contribution in [-0.2, 0) is 9.53 Å². The number of hydroxylamine groups is 1. The molecule has 0 aliphatic heterocycles. The lowest BCUT2D eigenvalue weighted by Crippen LogP contribution is -2.25. The number of unbranched alkanes of at least 4 members (excludes halogenated alkanes) is 12. The molecule has 1 N–H and O–H groups in total. The van der Waals surface area contributed by atoms with Gasteiger partial charge in [0.05, 0.1) is 0 Å². The Morgan fingerprint density at radius 2 is 1.40 bits per heavy atom. The zero-order valence-corrected chi connectivity index (χ0v) is 16.3. The molecule has 1 atom stereocenters. The maximum absolute atomic E-state index is 11.0. The number of carbonyl (C=O) groups excluding carboxylic acids is 1. The van der Waals surface area contributed by atoms with Crippen LogP contribution in [-0.4, -0.2) is 28.7 Å². The lowest BCUT2D eigenvalue weighted by atomic mass is 10.0. The van der Waals surface area contributed by atoms with Gasteiger partial charge in [0, 0.05) is 6.92 Å². The largest absolute Gasteiger partial charge is 0.597 e. The molecule has 0 saturated carbocycles. The van der Waals surface area contributed by atoms with Gasteiger partial charge in [0.15, 0.2) is 11.4 Å². The molecule has 0 bridgehead atoms. The van der Waals surface area contributed by atoms with E-state index in [-0.39, 0.29) is 11.4 Å². The number of carbonyl (C=O) groups is 1. The van der Waals surface area contributed by atoms with Crippen LogP contribution < -0.4 is 0 Å². The maximum atomic E-state index is 11.0. The minimum atomic E-state index is -0.501. The lowest BCUT2D eigenvalue weighted by Gasteiger charge is -2.14. The van der Waals surface area contributed by atoms with Crippen LogP contribution in [0.2, 0.25) is 0 Å². The fourth-order valence-electron chi connectivity index (χ4n) is 3.02. The van der Waals surface area contributed by atoms with Crippen LogP contribution >= 0.6 is 0 Å². The molecule has 0 aromatic carbocycles. The summed E-state index contributed by atoms with van der Waals surface area (Å²) in [6.45, 7) is 3.45. The topological polar surface area (TPSA) is 85.0 Å². The number of nitrogens with zero attached hydrogens (tertiary/aromatic N) is 2. The van der Waals surface area contributed by atoms with Gasteiger partial charge in [-0.2, -0.15) is 0 Å². The van der Waals surface area contributed by atoms with Crippen LogP contribution in [0.25, 0.3) is 0 Å². The van der Waals surface area contributed by atoms with Crippen molar-refractivity contribution in [3.63, 3.8) is 0 Å². The Bertz CT molecular complexity index is 348. The van der Waals surface area contributed by atoms with Gasteiger partial charge in [0.25, 0.3) is 0 Å². The zero-order chi connectivity index (χ0) is 18.8. The first-order chi connectivity index (χ1) is 12.1. The summed E-state index contributed by atoms with van der Waals surface area (Å²) >= 11 is 0. The molecule has 0 fully saturated rings. The molecule has 0 radical (unpaired) electrons. The Kier molecular flexibility index (Phi) is 16.6. The molecule has 0 aliphatic rings. The predicted molar refractivity (Wildman–Crippen MR) is 98.6 cm³/mol. The van der Waals surface area contributed by atoms with Crippen LogP contribution in [0.3, 0.4) is 0 Å². The third-order valence-corrected chi connectivity index (χ3v) is 4.42. The van der Waals surface area contributed by atoms with Gasteiger partial charge < -0.3 is 15.2 Å². The van der Waals surface area contributed by atoms with Gasteiger partial charge in [-0.25, -0.2) is 0 Å². The quantitative estimate of drug-likeness (QED) is 0.118. The van der Waals surface area contributed by atoms with E-state index in [1.807, 2.05) is 0 Å². The molecule has 0 amide bonds. The molecule has 148 valence electrons. The highest BCUT2D eigenvalue weighted by Gasteiger charge is 2.17. The molecule has 6 nitrogen and oxygen atoms in total. The second-order valence-electron chi connectivity index (χ2n) is 6.89. The highest BCUT2D eigenvalue weighted by molar-refractivity contribution is 5.66. The molecule has 0 unspecified atom stereocenters. The average molecular weight is 359 g/mol.